The van der Waals surface area contributed by atoms with E-state index >= 15 is 0 Å². The highest BCUT2D eigenvalue weighted by molar-refractivity contribution is 6.74. The largest absolute Gasteiger partial charge is 0.544 e. The van der Waals surface area contributed by atoms with E-state index in [2.05, 4.69) is 83.1 Å². The van der Waals surface area contributed by atoms with Gasteiger partial charge in [-0.2, -0.15) is 10.1 Å². The summed E-state index contributed by atoms with van der Waals surface area (Å²) >= 11 is 6.13. The average Bonchev–Trinajstić information content (AvgIpc) is 3.28. The number of piperazine rings is 1. The molecule has 9 nitrogen and oxygen atoms in total. The second kappa shape index (κ2) is 9.57. The molecule has 5 rings (SSSR count). The second-order valence-corrected chi connectivity index (χ2v) is 16.1. The Bertz CT molecular complexity index is 1410. The van der Waals surface area contributed by atoms with Crippen molar-refractivity contribution in [3.63, 3.8) is 0 Å². The van der Waals surface area contributed by atoms with Gasteiger partial charge < -0.3 is 14.2 Å². The van der Waals surface area contributed by atoms with Crippen LogP contribution in [0.4, 0.5) is 11.6 Å². The Morgan fingerprint density at radius 3 is 2.30 bits per heavy atom. The fourth-order valence-corrected chi connectivity index (χ4v) is 5.30. The minimum Gasteiger partial charge on any atom is -0.544 e. The summed E-state index contributed by atoms with van der Waals surface area (Å²) in [5, 5.41) is 8.82. The number of hydrogen-bond donors (Lipinski definition) is 0. The van der Waals surface area contributed by atoms with E-state index in [1.807, 2.05) is 6.92 Å². The van der Waals surface area contributed by atoms with Crippen LogP contribution in [0.3, 0.4) is 0 Å². The second-order valence-electron chi connectivity index (χ2n) is 11.0. The van der Waals surface area contributed by atoms with Gasteiger partial charge in [-0.05, 0) is 49.3 Å². The third kappa shape index (κ3) is 5.13. The van der Waals surface area contributed by atoms with Crippen LogP contribution in [0.1, 0.15) is 26.5 Å². The molecule has 0 saturated carbocycles. The first kappa shape index (κ1) is 25.4. The number of aryl methyl sites for hydroxylation is 1. The molecule has 4 heterocycles. The van der Waals surface area contributed by atoms with E-state index in [1.165, 1.54) is 11.9 Å². The van der Waals surface area contributed by atoms with Crippen LogP contribution in [0.5, 0.6) is 5.75 Å². The van der Waals surface area contributed by atoms with Crippen molar-refractivity contribution in [2.75, 3.05) is 36.0 Å². The van der Waals surface area contributed by atoms with Crippen molar-refractivity contribution in [3.8, 4) is 11.6 Å². The van der Waals surface area contributed by atoms with Gasteiger partial charge in [0.15, 0.2) is 11.5 Å². The van der Waals surface area contributed by atoms with Crippen molar-refractivity contribution in [1.29, 1.82) is 0 Å². The quantitative estimate of drug-likeness (QED) is 0.318. The highest BCUT2D eigenvalue weighted by Crippen LogP contribution is 2.37. The number of hydrogen-bond acceptors (Lipinski definition) is 8. The summed E-state index contributed by atoms with van der Waals surface area (Å²) in [5.41, 5.74) is 3.46. The molecule has 37 heavy (non-hydrogen) atoms. The normalized spacial score (nSPS) is 14.9. The maximum atomic E-state index is 6.44. The summed E-state index contributed by atoms with van der Waals surface area (Å²) < 4.78 is 8.25. The Morgan fingerprint density at radius 1 is 0.973 bits per heavy atom. The Balaban J connectivity index is 1.30. The molecular formula is C26H33ClN8OSi. The van der Waals surface area contributed by atoms with Gasteiger partial charge >= 0.3 is 0 Å². The molecule has 0 aliphatic carbocycles. The SMILES string of the molecule is Cc1nc(N2CCN(c3ccc(O[Si](C)(C)C(C)(C)C)cc3)CC2)nc2c1ncn2-c1cc(Cl)cnn1. The molecular weight excluding hydrogens is 504 g/mol. The summed E-state index contributed by atoms with van der Waals surface area (Å²) in [5.74, 6) is 2.22. The molecule has 0 N–H and O–H groups in total. The Morgan fingerprint density at radius 2 is 1.65 bits per heavy atom. The molecule has 0 spiro atoms. The van der Waals surface area contributed by atoms with Gasteiger partial charge in [0.2, 0.25) is 14.3 Å². The van der Waals surface area contributed by atoms with Crippen LogP contribution in [-0.2, 0) is 0 Å². The van der Waals surface area contributed by atoms with Gasteiger partial charge in [-0.1, -0.05) is 32.4 Å². The number of aromatic nitrogens is 6. The van der Waals surface area contributed by atoms with Crippen LogP contribution in [-0.4, -0.2) is 64.2 Å². The lowest BCUT2D eigenvalue weighted by molar-refractivity contribution is 0.492. The van der Waals surface area contributed by atoms with E-state index in [9.17, 15) is 0 Å². The summed E-state index contributed by atoms with van der Waals surface area (Å²) in [6.45, 7) is 16.7. The summed E-state index contributed by atoms with van der Waals surface area (Å²) in [7, 11) is -1.85. The fourth-order valence-electron chi connectivity index (χ4n) is 4.12. The van der Waals surface area contributed by atoms with Crippen LogP contribution in [0.25, 0.3) is 17.0 Å². The average molecular weight is 537 g/mol. The van der Waals surface area contributed by atoms with Crippen molar-refractivity contribution in [1.82, 2.24) is 29.7 Å². The lowest BCUT2D eigenvalue weighted by Gasteiger charge is -2.37. The number of nitrogens with zero attached hydrogens (tertiary/aromatic N) is 8. The van der Waals surface area contributed by atoms with Gasteiger partial charge in [-0.15, -0.1) is 5.10 Å². The van der Waals surface area contributed by atoms with Crippen LogP contribution in [0.2, 0.25) is 23.2 Å². The zero-order valence-corrected chi connectivity index (χ0v) is 24.0. The molecule has 0 radical (unpaired) electrons. The number of fused-ring (bicyclic) bond motifs is 1. The maximum Gasteiger partial charge on any atom is 0.250 e. The smallest absolute Gasteiger partial charge is 0.250 e. The molecule has 0 bridgehead atoms. The van der Waals surface area contributed by atoms with E-state index in [4.69, 9.17) is 26.0 Å². The first-order valence-electron chi connectivity index (χ1n) is 12.5. The lowest BCUT2D eigenvalue weighted by atomic mass is 10.2. The van der Waals surface area contributed by atoms with E-state index in [1.54, 1.807) is 17.0 Å². The van der Waals surface area contributed by atoms with Crippen molar-refractivity contribution in [2.45, 2.75) is 45.8 Å². The Hall–Kier alpha value is -3.24. The van der Waals surface area contributed by atoms with Gasteiger partial charge in [0.25, 0.3) is 0 Å². The topological polar surface area (TPSA) is 85.1 Å². The molecule has 194 valence electrons. The van der Waals surface area contributed by atoms with Gasteiger partial charge in [-0.25, -0.2) is 9.97 Å². The van der Waals surface area contributed by atoms with Crippen molar-refractivity contribution < 1.29 is 4.43 Å². The zero-order chi connectivity index (χ0) is 26.4. The van der Waals surface area contributed by atoms with Crippen molar-refractivity contribution in [2.24, 2.45) is 0 Å². The highest BCUT2D eigenvalue weighted by atomic mass is 35.5. The molecule has 4 aromatic rings. The summed E-state index contributed by atoms with van der Waals surface area (Å²) in [4.78, 5) is 18.7. The Kier molecular flexibility index (Phi) is 6.57. The number of imidazole rings is 1. The Labute approximate surface area is 223 Å². The van der Waals surface area contributed by atoms with Crippen LogP contribution in [0.15, 0.2) is 42.9 Å². The number of rotatable bonds is 5. The minimum absolute atomic E-state index is 0.171. The molecule has 0 amide bonds. The standard InChI is InChI=1S/C26H33ClN8OSi/c1-18-23-24(35(17-28-23)22-15-19(27)16-29-32-22)31-25(30-18)34-13-11-33(12-14-34)20-7-9-21(10-8-20)36-37(5,6)26(2,3)4/h7-10,15-17H,11-14H2,1-6H3. The summed E-state index contributed by atoms with van der Waals surface area (Å²) in [6, 6.07) is 10.3. The first-order valence-corrected chi connectivity index (χ1v) is 15.8. The van der Waals surface area contributed by atoms with Crippen LogP contribution >= 0.6 is 11.6 Å². The van der Waals surface area contributed by atoms with Gasteiger partial charge in [0.1, 0.15) is 17.6 Å². The van der Waals surface area contributed by atoms with Crippen LogP contribution in [0, 0.1) is 6.92 Å². The first-order chi connectivity index (χ1) is 17.5. The number of anilines is 2. The predicted octanol–water partition coefficient (Wildman–Crippen LogP) is 5.28. The molecule has 1 saturated heterocycles. The van der Waals surface area contributed by atoms with E-state index in [-0.39, 0.29) is 5.04 Å². The number of halogens is 1. The molecule has 1 fully saturated rings. The van der Waals surface area contributed by atoms with E-state index < -0.39 is 8.32 Å². The maximum absolute atomic E-state index is 6.44. The molecule has 1 aromatic carbocycles. The van der Waals surface area contributed by atoms with Crippen molar-refractivity contribution in [3.05, 3.63) is 53.6 Å². The number of benzene rings is 1. The molecule has 3 aromatic heterocycles. The lowest BCUT2D eigenvalue weighted by Crippen LogP contribution is -2.47. The fraction of sp³-hybridized carbons (Fsp3) is 0.423. The molecule has 11 heteroatoms. The predicted molar refractivity (Wildman–Crippen MR) is 151 cm³/mol. The monoisotopic (exact) mass is 536 g/mol. The molecule has 1 aliphatic rings. The third-order valence-corrected chi connectivity index (χ3v) is 11.9. The van der Waals surface area contributed by atoms with Crippen LogP contribution < -0.4 is 14.2 Å². The molecule has 1 aliphatic heterocycles. The van der Waals surface area contributed by atoms with Gasteiger partial charge in [-0.3, -0.25) is 4.57 Å². The zero-order valence-electron chi connectivity index (χ0n) is 22.2. The third-order valence-electron chi connectivity index (χ3n) is 7.36. The van der Waals surface area contributed by atoms with Gasteiger partial charge in [0.05, 0.1) is 16.9 Å². The molecule has 0 atom stereocenters. The van der Waals surface area contributed by atoms with E-state index in [0.29, 0.717) is 22.4 Å². The summed E-state index contributed by atoms with van der Waals surface area (Å²) in [6.07, 6.45) is 3.19. The van der Waals surface area contributed by atoms with Gasteiger partial charge in [0, 0.05) is 37.9 Å². The minimum atomic E-state index is -1.85. The van der Waals surface area contributed by atoms with Crippen molar-refractivity contribution >= 4 is 42.7 Å². The highest BCUT2D eigenvalue weighted by Gasteiger charge is 2.39. The molecule has 0 unspecified atom stereocenters. The van der Waals surface area contributed by atoms with E-state index in [0.717, 1.165) is 43.1 Å².